The van der Waals surface area contributed by atoms with Gasteiger partial charge in [-0.05, 0) is 89.5 Å². The first-order valence-electron chi connectivity index (χ1n) is 15.5. The van der Waals surface area contributed by atoms with Crippen molar-refractivity contribution >= 4 is 17.9 Å². The van der Waals surface area contributed by atoms with Crippen LogP contribution in [0.25, 0.3) is 67.4 Å². The zero-order valence-electron chi connectivity index (χ0n) is 26.5. The Balaban J connectivity index is 1.24. The highest BCUT2D eigenvalue weighted by Gasteiger charge is 2.13. The fourth-order valence-electron chi connectivity index (χ4n) is 5.42. The zero-order chi connectivity index (χ0) is 35.5. The first kappa shape index (κ1) is 32.2. The Bertz CT molecular complexity index is 2110. The van der Waals surface area contributed by atoms with Gasteiger partial charge in [-0.15, -0.1) is 0 Å². The Morgan fingerprint density at radius 1 is 0.314 bits per heavy atom. The van der Waals surface area contributed by atoms with E-state index in [0.29, 0.717) is 28.5 Å². The average molecular weight is 672 g/mol. The number of carbonyl (C=O) groups is 3. The molecule has 0 amide bonds. The molecule has 7 rings (SSSR count). The smallest absolute Gasteiger partial charge is 0.337 e. The molecular formula is C40H25N5O6. The molecule has 0 aliphatic rings. The fourth-order valence-corrected chi connectivity index (χ4v) is 5.42. The molecule has 0 bridgehead atoms. The number of nitrogens with zero attached hydrogens (tertiary/aromatic N) is 5. The first-order valence-corrected chi connectivity index (χ1v) is 15.5. The predicted molar refractivity (Wildman–Crippen MR) is 189 cm³/mol. The SMILES string of the molecule is O=C(O)c1ccc(-c2ccc(-c3cc(-c4ccc(-c5ccc(C(=O)O)cn5)nc4)cc(-c4ccc(-c5ccc(C(=O)O)cn5)nc4)c3)cn2)cc1. The van der Waals surface area contributed by atoms with Crippen molar-refractivity contribution in [2.75, 3.05) is 0 Å². The molecule has 0 radical (unpaired) electrons. The highest BCUT2D eigenvalue weighted by Crippen LogP contribution is 2.34. The van der Waals surface area contributed by atoms with Crippen LogP contribution >= 0.6 is 0 Å². The van der Waals surface area contributed by atoms with Crippen LogP contribution in [0.3, 0.4) is 0 Å². The molecule has 3 N–H and O–H groups in total. The minimum Gasteiger partial charge on any atom is -0.478 e. The maximum absolute atomic E-state index is 11.3. The molecule has 0 aliphatic heterocycles. The van der Waals surface area contributed by atoms with E-state index in [4.69, 9.17) is 0 Å². The maximum atomic E-state index is 11.3. The largest absolute Gasteiger partial charge is 0.478 e. The molecule has 0 atom stereocenters. The lowest BCUT2D eigenvalue weighted by atomic mass is 9.94. The van der Waals surface area contributed by atoms with Gasteiger partial charge in [0.15, 0.2) is 0 Å². The highest BCUT2D eigenvalue weighted by atomic mass is 16.4. The van der Waals surface area contributed by atoms with Gasteiger partial charge in [-0.2, -0.15) is 0 Å². The Morgan fingerprint density at radius 2 is 0.608 bits per heavy atom. The van der Waals surface area contributed by atoms with Crippen LogP contribution in [0.2, 0.25) is 0 Å². The lowest BCUT2D eigenvalue weighted by molar-refractivity contribution is 0.0685. The van der Waals surface area contributed by atoms with Crippen molar-refractivity contribution in [1.29, 1.82) is 0 Å². The van der Waals surface area contributed by atoms with Crippen LogP contribution in [-0.2, 0) is 0 Å². The molecule has 0 aliphatic carbocycles. The van der Waals surface area contributed by atoms with Crippen molar-refractivity contribution in [3.63, 3.8) is 0 Å². The van der Waals surface area contributed by atoms with Crippen molar-refractivity contribution in [2.24, 2.45) is 0 Å². The molecule has 0 spiro atoms. The van der Waals surface area contributed by atoms with E-state index in [-0.39, 0.29) is 16.7 Å². The summed E-state index contributed by atoms with van der Waals surface area (Å²) in [6.07, 6.45) is 7.84. The van der Waals surface area contributed by atoms with Crippen LogP contribution < -0.4 is 0 Å². The van der Waals surface area contributed by atoms with E-state index >= 15 is 0 Å². The summed E-state index contributed by atoms with van der Waals surface area (Å²) in [6.45, 7) is 0. The lowest BCUT2D eigenvalue weighted by Crippen LogP contribution is -1.97. The van der Waals surface area contributed by atoms with Gasteiger partial charge in [-0.25, -0.2) is 14.4 Å². The topological polar surface area (TPSA) is 176 Å². The second-order valence-corrected chi connectivity index (χ2v) is 11.5. The number of benzene rings is 2. The van der Waals surface area contributed by atoms with Crippen LogP contribution in [0.1, 0.15) is 31.1 Å². The summed E-state index contributed by atoms with van der Waals surface area (Å²) in [5, 5.41) is 27.6. The van der Waals surface area contributed by atoms with Crippen molar-refractivity contribution in [2.45, 2.75) is 0 Å². The quantitative estimate of drug-likeness (QED) is 0.137. The third-order valence-electron chi connectivity index (χ3n) is 8.20. The van der Waals surface area contributed by atoms with Crippen molar-refractivity contribution in [3.8, 4) is 67.4 Å². The van der Waals surface area contributed by atoms with Gasteiger partial charge in [0.05, 0.1) is 45.2 Å². The summed E-state index contributed by atoms with van der Waals surface area (Å²) in [7, 11) is 0. The number of aromatic nitrogens is 5. The fraction of sp³-hybridized carbons (Fsp3) is 0. The van der Waals surface area contributed by atoms with Crippen LogP contribution in [0, 0.1) is 0 Å². The summed E-state index contributed by atoms with van der Waals surface area (Å²) >= 11 is 0. The van der Waals surface area contributed by atoms with Gasteiger partial charge < -0.3 is 15.3 Å². The summed E-state index contributed by atoms with van der Waals surface area (Å²) in [6, 6.07) is 30.2. The monoisotopic (exact) mass is 671 g/mol. The standard InChI is InChI=1S/C40H25N5O6/c46-38(47)24-3-1-23(2-4-24)33-10-5-25(18-41-33)30-15-31(26-6-11-34(42-19-26)36-13-8-28(21-44-36)39(48)49)17-32(16-30)27-7-12-35(43-20-27)37-14-9-29(22-45-37)40(50)51/h1-22H,(H,46,47)(H,48,49)(H,50,51). The van der Waals surface area contributed by atoms with Gasteiger partial charge in [0, 0.05) is 53.2 Å². The minimum absolute atomic E-state index is 0.0909. The summed E-state index contributed by atoms with van der Waals surface area (Å²) in [5.74, 6) is -3.10. The molecular weight excluding hydrogens is 646 g/mol. The van der Waals surface area contributed by atoms with Gasteiger partial charge in [0.25, 0.3) is 0 Å². The number of pyridine rings is 5. The molecule has 11 nitrogen and oxygen atoms in total. The third kappa shape index (κ3) is 6.94. The van der Waals surface area contributed by atoms with Crippen molar-refractivity contribution in [3.05, 3.63) is 151 Å². The predicted octanol–water partition coefficient (Wildman–Crippen LogP) is 7.76. The molecule has 246 valence electrons. The van der Waals surface area contributed by atoms with E-state index < -0.39 is 17.9 Å². The molecule has 2 aromatic carbocycles. The Kier molecular flexibility index (Phi) is 8.58. The Labute approximate surface area is 290 Å². The molecule has 11 heteroatoms. The lowest BCUT2D eigenvalue weighted by Gasteiger charge is -2.12. The molecule has 5 aromatic heterocycles. The summed E-state index contributed by atoms with van der Waals surface area (Å²) in [5.41, 5.74) is 9.28. The molecule has 0 unspecified atom stereocenters. The number of carboxylic acid groups (broad SMARTS) is 3. The average Bonchev–Trinajstić information content (AvgIpc) is 3.18. The van der Waals surface area contributed by atoms with Crippen molar-refractivity contribution < 1.29 is 29.7 Å². The van der Waals surface area contributed by atoms with Gasteiger partial charge in [0.2, 0.25) is 0 Å². The summed E-state index contributed by atoms with van der Waals surface area (Å²) < 4.78 is 0. The Hall–Kier alpha value is -7.40. The number of hydrogen-bond acceptors (Lipinski definition) is 8. The molecule has 7 aromatic rings. The van der Waals surface area contributed by atoms with E-state index in [1.807, 2.05) is 54.6 Å². The van der Waals surface area contributed by atoms with Gasteiger partial charge >= 0.3 is 17.9 Å². The van der Waals surface area contributed by atoms with E-state index in [2.05, 4.69) is 24.9 Å². The Morgan fingerprint density at radius 3 is 0.902 bits per heavy atom. The minimum atomic E-state index is -1.05. The third-order valence-corrected chi connectivity index (χ3v) is 8.20. The van der Waals surface area contributed by atoms with Crippen LogP contribution in [0.15, 0.2) is 134 Å². The van der Waals surface area contributed by atoms with E-state index in [1.165, 1.54) is 24.5 Å². The first-order chi connectivity index (χ1) is 24.7. The number of hydrogen-bond donors (Lipinski definition) is 3. The van der Waals surface area contributed by atoms with Gasteiger partial charge in [-0.3, -0.25) is 24.9 Å². The van der Waals surface area contributed by atoms with Crippen LogP contribution in [-0.4, -0.2) is 58.1 Å². The van der Waals surface area contributed by atoms with Gasteiger partial charge in [0.1, 0.15) is 0 Å². The molecule has 0 saturated carbocycles. The molecule has 0 saturated heterocycles. The van der Waals surface area contributed by atoms with E-state index in [9.17, 15) is 29.7 Å². The second-order valence-electron chi connectivity index (χ2n) is 11.5. The number of carboxylic acids is 3. The molecule has 0 fully saturated rings. The van der Waals surface area contributed by atoms with Crippen LogP contribution in [0.4, 0.5) is 0 Å². The molecule has 5 heterocycles. The normalized spacial score (nSPS) is 10.8. The van der Waals surface area contributed by atoms with Crippen LogP contribution in [0.5, 0.6) is 0 Å². The zero-order valence-corrected chi connectivity index (χ0v) is 26.5. The van der Waals surface area contributed by atoms with E-state index in [0.717, 1.165) is 38.9 Å². The number of aromatic carboxylic acids is 3. The summed E-state index contributed by atoms with van der Waals surface area (Å²) in [4.78, 5) is 56.1. The van der Waals surface area contributed by atoms with E-state index in [1.54, 1.807) is 55.0 Å². The van der Waals surface area contributed by atoms with Gasteiger partial charge in [-0.1, -0.05) is 30.3 Å². The maximum Gasteiger partial charge on any atom is 0.337 e. The number of rotatable bonds is 9. The molecule has 51 heavy (non-hydrogen) atoms. The second kappa shape index (κ2) is 13.6. The highest BCUT2D eigenvalue weighted by molar-refractivity contribution is 5.89. The van der Waals surface area contributed by atoms with Crippen molar-refractivity contribution in [1.82, 2.24) is 24.9 Å².